The van der Waals surface area contributed by atoms with Gasteiger partial charge in [0.05, 0.1) is 24.9 Å². The summed E-state index contributed by atoms with van der Waals surface area (Å²) < 4.78 is 7.12. The quantitative estimate of drug-likeness (QED) is 0.648. The molecular formula is C25H28N4O3. The van der Waals surface area contributed by atoms with Crippen LogP contribution in [0.25, 0.3) is 5.69 Å². The average Bonchev–Trinajstić information content (AvgIpc) is 2.80. The smallest absolute Gasteiger partial charge is 0.275 e. The summed E-state index contributed by atoms with van der Waals surface area (Å²) in [6.45, 7) is 7.14. The molecule has 3 aromatic rings. The SMILES string of the molecule is Cc1cccc(C(CNC(=O)c2nn(-c3ccccc3)c(C)cc2=O)N2CCOCC2)c1. The van der Waals surface area contributed by atoms with Crippen LogP contribution in [-0.4, -0.2) is 53.4 Å². The Morgan fingerprint density at radius 1 is 1.06 bits per heavy atom. The Morgan fingerprint density at radius 2 is 1.81 bits per heavy atom. The number of ether oxygens (including phenoxy) is 1. The summed E-state index contributed by atoms with van der Waals surface area (Å²) in [6, 6.07) is 19.2. The summed E-state index contributed by atoms with van der Waals surface area (Å²) in [5, 5.41) is 7.33. The number of aryl methyl sites for hydroxylation is 2. The molecule has 1 amide bonds. The monoisotopic (exact) mass is 432 g/mol. The number of morpholine rings is 1. The van der Waals surface area contributed by atoms with Gasteiger partial charge in [0.25, 0.3) is 5.91 Å². The standard InChI is InChI=1S/C25H28N4O3/c1-18-7-6-8-20(15-18)22(28-11-13-32-14-12-28)17-26-25(31)24-23(30)16-19(2)29(27-24)21-9-4-3-5-10-21/h3-10,15-16,22H,11-14,17H2,1-2H3,(H,26,31). The minimum absolute atomic E-state index is 0.00968. The maximum Gasteiger partial charge on any atom is 0.275 e. The lowest BCUT2D eigenvalue weighted by Gasteiger charge is -2.35. The Morgan fingerprint density at radius 3 is 2.53 bits per heavy atom. The van der Waals surface area contributed by atoms with Crippen molar-refractivity contribution in [1.82, 2.24) is 20.0 Å². The van der Waals surface area contributed by atoms with Crippen LogP contribution in [0.1, 0.15) is 33.4 Å². The minimum Gasteiger partial charge on any atom is -0.379 e. The molecule has 1 atom stereocenters. The number of benzene rings is 2. The summed E-state index contributed by atoms with van der Waals surface area (Å²) in [4.78, 5) is 27.9. The van der Waals surface area contributed by atoms with Crippen molar-refractivity contribution in [3.8, 4) is 5.69 Å². The van der Waals surface area contributed by atoms with Crippen LogP contribution in [0.4, 0.5) is 0 Å². The minimum atomic E-state index is -0.467. The van der Waals surface area contributed by atoms with Crippen molar-refractivity contribution < 1.29 is 9.53 Å². The molecular weight excluding hydrogens is 404 g/mol. The van der Waals surface area contributed by atoms with E-state index < -0.39 is 5.91 Å². The number of hydrogen-bond acceptors (Lipinski definition) is 5. The van der Waals surface area contributed by atoms with Crippen LogP contribution in [0.3, 0.4) is 0 Å². The highest BCUT2D eigenvalue weighted by Crippen LogP contribution is 2.22. The van der Waals surface area contributed by atoms with E-state index in [-0.39, 0.29) is 17.2 Å². The van der Waals surface area contributed by atoms with Gasteiger partial charge >= 0.3 is 0 Å². The van der Waals surface area contributed by atoms with Crippen LogP contribution in [0, 0.1) is 13.8 Å². The van der Waals surface area contributed by atoms with Gasteiger partial charge in [-0.15, -0.1) is 0 Å². The van der Waals surface area contributed by atoms with Crippen molar-refractivity contribution in [1.29, 1.82) is 0 Å². The van der Waals surface area contributed by atoms with E-state index in [1.165, 1.54) is 6.07 Å². The van der Waals surface area contributed by atoms with Gasteiger partial charge in [-0.05, 0) is 31.5 Å². The molecule has 1 aliphatic rings. The molecule has 0 radical (unpaired) electrons. The second-order valence-corrected chi connectivity index (χ2v) is 8.03. The number of para-hydroxylation sites is 1. The number of nitrogens with zero attached hydrogens (tertiary/aromatic N) is 3. The van der Waals surface area contributed by atoms with Crippen molar-refractivity contribution in [2.24, 2.45) is 0 Å². The molecule has 7 heteroatoms. The maximum absolute atomic E-state index is 13.0. The predicted octanol–water partition coefficient (Wildman–Crippen LogP) is 2.65. The number of aromatic nitrogens is 2. The molecule has 2 aromatic carbocycles. The molecule has 0 spiro atoms. The van der Waals surface area contributed by atoms with E-state index in [4.69, 9.17) is 4.74 Å². The molecule has 2 heterocycles. The molecule has 1 saturated heterocycles. The third-order valence-corrected chi connectivity index (χ3v) is 5.69. The van der Waals surface area contributed by atoms with Gasteiger partial charge < -0.3 is 10.1 Å². The number of nitrogens with one attached hydrogen (secondary N) is 1. The van der Waals surface area contributed by atoms with Crippen LogP contribution < -0.4 is 10.7 Å². The molecule has 1 fully saturated rings. The van der Waals surface area contributed by atoms with Gasteiger partial charge in [-0.25, -0.2) is 4.68 Å². The van der Waals surface area contributed by atoms with Crippen LogP contribution >= 0.6 is 0 Å². The van der Waals surface area contributed by atoms with Gasteiger partial charge in [0.2, 0.25) is 5.43 Å². The number of carbonyl (C=O) groups is 1. The van der Waals surface area contributed by atoms with Crippen molar-refractivity contribution in [2.75, 3.05) is 32.8 Å². The molecule has 4 rings (SSSR count). The van der Waals surface area contributed by atoms with E-state index >= 15 is 0 Å². The van der Waals surface area contributed by atoms with Crippen molar-refractivity contribution in [3.05, 3.63) is 93.4 Å². The molecule has 7 nitrogen and oxygen atoms in total. The first-order valence-electron chi connectivity index (χ1n) is 10.9. The molecule has 1 aliphatic heterocycles. The Bertz CT molecular complexity index is 1140. The van der Waals surface area contributed by atoms with Gasteiger partial charge in [-0.2, -0.15) is 5.10 Å². The van der Waals surface area contributed by atoms with E-state index in [2.05, 4.69) is 40.4 Å². The van der Waals surface area contributed by atoms with Gasteiger partial charge in [-0.3, -0.25) is 14.5 Å². The topological polar surface area (TPSA) is 76.5 Å². The second-order valence-electron chi connectivity index (χ2n) is 8.03. The summed E-state index contributed by atoms with van der Waals surface area (Å²) in [6.07, 6.45) is 0. The van der Waals surface area contributed by atoms with E-state index in [1.807, 2.05) is 36.4 Å². The molecule has 166 valence electrons. The third kappa shape index (κ3) is 4.95. The third-order valence-electron chi connectivity index (χ3n) is 5.69. The van der Waals surface area contributed by atoms with E-state index in [1.54, 1.807) is 11.6 Å². The first-order valence-corrected chi connectivity index (χ1v) is 10.9. The molecule has 0 saturated carbocycles. The predicted molar refractivity (Wildman–Crippen MR) is 123 cm³/mol. The van der Waals surface area contributed by atoms with Gasteiger partial charge in [-0.1, -0.05) is 48.0 Å². The van der Waals surface area contributed by atoms with Crippen molar-refractivity contribution in [3.63, 3.8) is 0 Å². The number of rotatable bonds is 6. The second kappa shape index (κ2) is 9.89. The van der Waals surface area contributed by atoms with Crippen molar-refractivity contribution >= 4 is 5.91 Å². The Balaban J connectivity index is 1.57. The summed E-state index contributed by atoms with van der Waals surface area (Å²) in [7, 11) is 0. The molecule has 1 unspecified atom stereocenters. The lowest BCUT2D eigenvalue weighted by molar-refractivity contribution is 0.0162. The Labute approximate surface area is 187 Å². The lowest BCUT2D eigenvalue weighted by atomic mass is 10.0. The van der Waals surface area contributed by atoms with Crippen molar-refractivity contribution in [2.45, 2.75) is 19.9 Å². The van der Waals surface area contributed by atoms with Gasteiger partial charge in [0, 0.05) is 31.4 Å². The zero-order valence-electron chi connectivity index (χ0n) is 18.5. The first-order chi connectivity index (χ1) is 15.5. The number of hydrogen-bond donors (Lipinski definition) is 1. The zero-order chi connectivity index (χ0) is 22.5. The molecule has 1 N–H and O–H groups in total. The van der Waals surface area contributed by atoms with Gasteiger partial charge in [0.15, 0.2) is 5.69 Å². The zero-order valence-corrected chi connectivity index (χ0v) is 18.5. The Hall–Kier alpha value is -3.29. The highest BCUT2D eigenvalue weighted by atomic mass is 16.5. The van der Waals surface area contributed by atoms with E-state index in [0.717, 1.165) is 29.9 Å². The highest BCUT2D eigenvalue weighted by Gasteiger charge is 2.24. The first kappa shape index (κ1) is 21.9. The highest BCUT2D eigenvalue weighted by molar-refractivity contribution is 5.92. The molecule has 0 aliphatic carbocycles. The largest absolute Gasteiger partial charge is 0.379 e. The van der Waals surface area contributed by atoms with E-state index in [0.29, 0.717) is 25.5 Å². The Kier molecular flexibility index (Phi) is 6.78. The fourth-order valence-electron chi connectivity index (χ4n) is 4.03. The summed E-state index contributed by atoms with van der Waals surface area (Å²) >= 11 is 0. The van der Waals surface area contributed by atoms with Crippen LogP contribution in [-0.2, 0) is 4.74 Å². The van der Waals surface area contributed by atoms with Crippen LogP contribution in [0.2, 0.25) is 0 Å². The van der Waals surface area contributed by atoms with Gasteiger partial charge in [0.1, 0.15) is 0 Å². The fourth-order valence-corrected chi connectivity index (χ4v) is 4.03. The summed E-state index contributed by atoms with van der Waals surface area (Å²) in [5.74, 6) is -0.467. The van der Waals surface area contributed by atoms with Crippen LogP contribution in [0.15, 0.2) is 65.5 Å². The average molecular weight is 433 g/mol. The lowest BCUT2D eigenvalue weighted by Crippen LogP contribution is -2.44. The maximum atomic E-state index is 13.0. The molecule has 1 aromatic heterocycles. The normalized spacial score (nSPS) is 15.3. The molecule has 0 bridgehead atoms. The number of carbonyl (C=O) groups excluding carboxylic acids is 1. The molecule has 32 heavy (non-hydrogen) atoms. The fraction of sp³-hybridized carbons (Fsp3) is 0.320. The van der Waals surface area contributed by atoms with Crippen LogP contribution in [0.5, 0.6) is 0 Å². The number of amides is 1. The summed E-state index contributed by atoms with van der Waals surface area (Å²) in [5.41, 5.74) is 3.27. The van der Waals surface area contributed by atoms with E-state index in [9.17, 15) is 9.59 Å².